The molecule has 104 valence electrons. The molecule has 0 unspecified atom stereocenters. The summed E-state index contributed by atoms with van der Waals surface area (Å²) in [6.07, 6.45) is 1.69. The van der Waals surface area contributed by atoms with Crippen LogP contribution in [0.4, 0.5) is 5.13 Å². The number of hydrogen-bond acceptors (Lipinski definition) is 6. The summed E-state index contributed by atoms with van der Waals surface area (Å²) in [7, 11) is 5.59. The smallest absolute Gasteiger partial charge is 0.230 e. The van der Waals surface area contributed by atoms with Crippen LogP contribution in [0.25, 0.3) is 0 Å². The Labute approximate surface area is 117 Å². The predicted molar refractivity (Wildman–Crippen MR) is 77.0 cm³/mol. The number of rotatable bonds is 6. The van der Waals surface area contributed by atoms with E-state index >= 15 is 0 Å². The summed E-state index contributed by atoms with van der Waals surface area (Å²) in [5.41, 5.74) is 0. The van der Waals surface area contributed by atoms with Crippen LogP contribution < -0.4 is 15.0 Å². The average Bonchev–Trinajstić information content (AvgIpc) is 3.04. The van der Waals surface area contributed by atoms with Crippen LogP contribution in [0.3, 0.4) is 0 Å². The molecule has 5 nitrogen and oxygen atoms in total. The number of thiazole rings is 1. The van der Waals surface area contributed by atoms with Gasteiger partial charge in [0.2, 0.25) is 5.88 Å². The Kier molecular flexibility index (Phi) is 4.44. The van der Waals surface area contributed by atoms with E-state index in [9.17, 15) is 0 Å². The second kappa shape index (κ2) is 6.08. The highest BCUT2D eigenvalue weighted by atomic mass is 32.1. The standard InChI is InChI=1S/C13H19N3O2S/c1-9(10-6-5-7-18-10)14-8-11-12(17-4)15-13(19-11)16(2)3/h5-7,9,14H,8H2,1-4H3/t9-/m0/s1. The summed E-state index contributed by atoms with van der Waals surface area (Å²) in [4.78, 5) is 7.49. The van der Waals surface area contributed by atoms with Gasteiger partial charge in [0, 0.05) is 20.6 Å². The molecule has 0 saturated heterocycles. The van der Waals surface area contributed by atoms with E-state index in [0.717, 1.165) is 15.8 Å². The van der Waals surface area contributed by atoms with Crippen molar-refractivity contribution in [1.82, 2.24) is 10.3 Å². The first kappa shape index (κ1) is 13.9. The van der Waals surface area contributed by atoms with Crippen molar-refractivity contribution in [2.75, 3.05) is 26.1 Å². The van der Waals surface area contributed by atoms with Gasteiger partial charge in [0.1, 0.15) is 5.76 Å². The number of aromatic nitrogens is 1. The third kappa shape index (κ3) is 3.27. The highest BCUT2D eigenvalue weighted by Gasteiger charge is 2.15. The van der Waals surface area contributed by atoms with Gasteiger partial charge in [-0.05, 0) is 19.1 Å². The molecule has 1 N–H and O–H groups in total. The number of nitrogens with one attached hydrogen (secondary N) is 1. The first-order chi connectivity index (χ1) is 9.11. The molecule has 6 heteroatoms. The molecule has 19 heavy (non-hydrogen) atoms. The molecule has 2 aromatic rings. The van der Waals surface area contributed by atoms with Crippen LogP contribution in [-0.2, 0) is 6.54 Å². The molecule has 0 amide bonds. The summed E-state index contributed by atoms with van der Waals surface area (Å²) in [5.74, 6) is 1.61. The third-order valence-electron chi connectivity index (χ3n) is 2.76. The number of anilines is 1. The van der Waals surface area contributed by atoms with Crippen molar-refractivity contribution in [2.45, 2.75) is 19.5 Å². The molecule has 2 heterocycles. The lowest BCUT2D eigenvalue weighted by Gasteiger charge is -2.10. The van der Waals surface area contributed by atoms with Crippen molar-refractivity contribution in [2.24, 2.45) is 0 Å². The second-order valence-electron chi connectivity index (χ2n) is 4.44. The predicted octanol–water partition coefficient (Wildman–Crippen LogP) is 2.66. The van der Waals surface area contributed by atoms with E-state index < -0.39 is 0 Å². The number of furan rings is 1. The maximum absolute atomic E-state index is 5.37. The van der Waals surface area contributed by atoms with Crippen LogP contribution in [0.1, 0.15) is 23.6 Å². The zero-order chi connectivity index (χ0) is 13.8. The normalized spacial score (nSPS) is 12.4. The van der Waals surface area contributed by atoms with Gasteiger partial charge in [-0.25, -0.2) is 0 Å². The van der Waals surface area contributed by atoms with Crippen molar-refractivity contribution in [1.29, 1.82) is 0 Å². The Morgan fingerprint density at radius 2 is 2.32 bits per heavy atom. The molecule has 0 spiro atoms. The molecule has 2 aromatic heterocycles. The summed E-state index contributed by atoms with van der Waals surface area (Å²) in [6.45, 7) is 2.77. The Balaban J connectivity index is 2.02. The lowest BCUT2D eigenvalue weighted by atomic mass is 10.2. The SMILES string of the molecule is COc1nc(N(C)C)sc1CN[C@@H](C)c1ccco1. The fourth-order valence-electron chi connectivity index (χ4n) is 1.67. The molecule has 2 rings (SSSR count). The van der Waals surface area contributed by atoms with Gasteiger partial charge in [-0.15, -0.1) is 0 Å². The molecule has 1 atom stereocenters. The minimum Gasteiger partial charge on any atom is -0.480 e. The highest BCUT2D eigenvalue weighted by molar-refractivity contribution is 7.15. The molecule has 0 aliphatic rings. The van der Waals surface area contributed by atoms with Crippen molar-refractivity contribution < 1.29 is 9.15 Å². The molecule has 0 bridgehead atoms. The number of hydrogen-bond donors (Lipinski definition) is 1. The van der Waals surface area contributed by atoms with E-state index in [1.165, 1.54) is 0 Å². The van der Waals surface area contributed by atoms with E-state index in [0.29, 0.717) is 12.4 Å². The maximum Gasteiger partial charge on any atom is 0.230 e. The first-order valence-electron chi connectivity index (χ1n) is 6.09. The fourth-order valence-corrected chi connectivity index (χ4v) is 2.58. The maximum atomic E-state index is 5.37. The quantitative estimate of drug-likeness (QED) is 0.882. The van der Waals surface area contributed by atoms with Gasteiger partial charge in [0.25, 0.3) is 0 Å². The van der Waals surface area contributed by atoms with E-state index in [-0.39, 0.29) is 6.04 Å². The Morgan fingerprint density at radius 3 is 2.89 bits per heavy atom. The van der Waals surface area contributed by atoms with Crippen LogP contribution in [0.2, 0.25) is 0 Å². The van der Waals surface area contributed by atoms with Gasteiger partial charge in [-0.2, -0.15) is 4.98 Å². The van der Waals surface area contributed by atoms with Gasteiger partial charge in [-0.1, -0.05) is 11.3 Å². The van der Waals surface area contributed by atoms with Crippen LogP contribution >= 0.6 is 11.3 Å². The zero-order valence-electron chi connectivity index (χ0n) is 11.6. The van der Waals surface area contributed by atoms with E-state index in [1.54, 1.807) is 24.7 Å². The monoisotopic (exact) mass is 281 g/mol. The van der Waals surface area contributed by atoms with Crippen molar-refractivity contribution in [3.8, 4) is 5.88 Å². The largest absolute Gasteiger partial charge is 0.480 e. The van der Waals surface area contributed by atoms with Gasteiger partial charge in [0.15, 0.2) is 5.13 Å². The van der Waals surface area contributed by atoms with Crippen LogP contribution in [0.5, 0.6) is 5.88 Å². The van der Waals surface area contributed by atoms with Crippen molar-refractivity contribution >= 4 is 16.5 Å². The van der Waals surface area contributed by atoms with Gasteiger partial charge in [0.05, 0.1) is 24.3 Å². The number of nitrogens with zero attached hydrogens (tertiary/aromatic N) is 2. The molecule has 0 aromatic carbocycles. The van der Waals surface area contributed by atoms with E-state index in [1.807, 2.05) is 31.1 Å². The molecule has 0 radical (unpaired) electrons. The van der Waals surface area contributed by atoms with Crippen LogP contribution in [-0.4, -0.2) is 26.2 Å². The highest BCUT2D eigenvalue weighted by Crippen LogP contribution is 2.30. The fraction of sp³-hybridized carbons (Fsp3) is 0.462. The first-order valence-corrected chi connectivity index (χ1v) is 6.91. The summed E-state index contributed by atoms with van der Waals surface area (Å²) in [5, 5.41) is 4.35. The van der Waals surface area contributed by atoms with Crippen LogP contribution in [0, 0.1) is 0 Å². The molecule has 0 saturated carbocycles. The van der Waals surface area contributed by atoms with Crippen molar-refractivity contribution in [3.05, 3.63) is 29.0 Å². The summed E-state index contributed by atoms with van der Waals surface area (Å²) < 4.78 is 10.7. The number of methoxy groups -OCH3 is 1. The van der Waals surface area contributed by atoms with Gasteiger partial charge in [-0.3, -0.25) is 0 Å². The minimum absolute atomic E-state index is 0.157. The van der Waals surface area contributed by atoms with E-state index in [4.69, 9.17) is 9.15 Å². The average molecular weight is 281 g/mol. The molecule has 0 aliphatic heterocycles. The van der Waals surface area contributed by atoms with Crippen molar-refractivity contribution in [3.63, 3.8) is 0 Å². The Hall–Kier alpha value is -1.53. The topological polar surface area (TPSA) is 50.5 Å². The molecular formula is C13H19N3O2S. The Bertz CT molecular complexity index is 508. The second-order valence-corrected chi connectivity index (χ2v) is 5.50. The zero-order valence-corrected chi connectivity index (χ0v) is 12.5. The summed E-state index contributed by atoms with van der Waals surface area (Å²) in [6, 6.07) is 4.02. The number of ether oxygens (including phenoxy) is 1. The summed E-state index contributed by atoms with van der Waals surface area (Å²) >= 11 is 1.63. The third-order valence-corrected chi connectivity index (χ3v) is 3.97. The Morgan fingerprint density at radius 1 is 1.53 bits per heavy atom. The van der Waals surface area contributed by atoms with Crippen LogP contribution in [0.15, 0.2) is 22.8 Å². The van der Waals surface area contributed by atoms with Gasteiger partial charge < -0.3 is 19.4 Å². The lowest BCUT2D eigenvalue weighted by Crippen LogP contribution is -2.17. The van der Waals surface area contributed by atoms with Gasteiger partial charge >= 0.3 is 0 Å². The molecule has 0 fully saturated rings. The minimum atomic E-state index is 0.157. The molecular weight excluding hydrogens is 262 g/mol. The molecule has 0 aliphatic carbocycles. The van der Waals surface area contributed by atoms with E-state index in [2.05, 4.69) is 17.2 Å². The lowest BCUT2D eigenvalue weighted by molar-refractivity contribution is 0.389.